The van der Waals surface area contributed by atoms with Gasteiger partial charge in [0.25, 0.3) is 5.91 Å². The second kappa shape index (κ2) is 12.9. The van der Waals surface area contributed by atoms with Gasteiger partial charge in [0.2, 0.25) is 0 Å². The van der Waals surface area contributed by atoms with E-state index < -0.39 is 0 Å². The van der Waals surface area contributed by atoms with Crippen LogP contribution in [-0.4, -0.2) is 18.7 Å². The van der Waals surface area contributed by atoms with Crippen molar-refractivity contribution in [3.63, 3.8) is 0 Å². The van der Waals surface area contributed by atoms with Gasteiger partial charge in [0.15, 0.2) is 11.5 Å². The van der Waals surface area contributed by atoms with Crippen LogP contribution in [0.4, 0.5) is 9.39 Å². The molecule has 0 fully saturated rings. The number of furan rings is 1. The third-order valence-electron chi connectivity index (χ3n) is 7.61. The summed E-state index contributed by atoms with van der Waals surface area (Å²) in [6, 6.07) is 15.5. The summed E-state index contributed by atoms with van der Waals surface area (Å²) in [6.45, 7) is 9.86. The molecule has 42 heavy (non-hydrogen) atoms. The molecule has 0 aliphatic heterocycles. The van der Waals surface area contributed by atoms with Crippen LogP contribution < -0.4 is 14.8 Å². The lowest BCUT2D eigenvalue weighted by Gasteiger charge is -2.33. The number of hydrogen-bond acceptors (Lipinski definition) is 6. The van der Waals surface area contributed by atoms with Crippen LogP contribution in [0.15, 0.2) is 70.3 Å². The fourth-order valence-electron chi connectivity index (χ4n) is 5.17. The van der Waals surface area contributed by atoms with E-state index in [1.165, 1.54) is 17.0 Å². The highest BCUT2D eigenvalue weighted by molar-refractivity contribution is 7.16. The maximum atomic E-state index is 13.5. The summed E-state index contributed by atoms with van der Waals surface area (Å²) in [5.74, 6) is 2.03. The van der Waals surface area contributed by atoms with Gasteiger partial charge in [0.05, 0.1) is 25.0 Å². The molecule has 1 amide bonds. The molecule has 2 aromatic carbocycles. The Balaban J connectivity index is 1.39. The summed E-state index contributed by atoms with van der Waals surface area (Å²) >= 11 is 1.61. The molecule has 5 rings (SSSR count). The minimum absolute atomic E-state index is 0.134. The Morgan fingerprint density at radius 1 is 1.14 bits per heavy atom. The second-order valence-corrected chi connectivity index (χ2v) is 12.6. The van der Waals surface area contributed by atoms with E-state index >= 15 is 0 Å². The summed E-state index contributed by atoms with van der Waals surface area (Å²) < 4.78 is 30.5. The van der Waals surface area contributed by atoms with E-state index in [1.54, 1.807) is 35.9 Å². The molecule has 0 saturated carbocycles. The minimum Gasteiger partial charge on any atom is -0.490 e. The number of amides is 1. The number of aliphatic imine (C=N–C) groups is 1. The zero-order valence-corrected chi connectivity index (χ0v) is 25.4. The Kier molecular flexibility index (Phi) is 9.12. The molecular formula is C34H37FN2O4S. The van der Waals surface area contributed by atoms with Crippen LogP contribution in [0.5, 0.6) is 11.5 Å². The third-order valence-corrected chi connectivity index (χ3v) is 8.77. The lowest BCUT2D eigenvalue weighted by Crippen LogP contribution is -2.28. The third kappa shape index (κ3) is 7.10. The van der Waals surface area contributed by atoms with Crippen molar-refractivity contribution in [3.05, 3.63) is 99.6 Å². The largest absolute Gasteiger partial charge is 0.490 e. The molecule has 6 nitrogen and oxygen atoms in total. The van der Waals surface area contributed by atoms with Gasteiger partial charge >= 0.3 is 0 Å². The number of hydrogen-bond donors (Lipinski definition) is 1. The van der Waals surface area contributed by atoms with Crippen molar-refractivity contribution in [1.82, 2.24) is 5.32 Å². The van der Waals surface area contributed by atoms with Gasteiger partial charge in [-0.3, -0.25) is 4.79 Å². The van der Waals surface area contributed by atoms with Gasteiger partial charge in [-0.2, -0.15) is 0 Å². The number of ether oxygens (including phenoxy) is 2. The first kappa shape index (κ1) is 29.6. The van der Waals surface area contributed by atoms with E-state index in [2.05, 4.69) is 26.1 Å². The van der Waals surface area contributed by atoms with E-state index in [9.17, 15) is 9.18 Å². The Labute approximate surface area is 250 Å². The molecule has 2 heterocycles. The van der Waals surface area contributed by atoms with Gasteiger partial charge in [-0.05, 0) is 96.7 Å². The maximum absolute atomic E-state index is 13.5. The zero-order valence-electron chi connectivity index (χ0n) is 24.5. The molecule has 0 spiro atoms. The number of carbonyl (C=O) groups is 1. The average molecular weight is 589 g/mol. The van der Waals surface area contributed by atoms with Crippen molar-refractivity contribution in [2.24, 2.45) is 16.3 Å². The quantitative estimate of drug-likeness (QED) is 0.189. The van der Waals surface area contributed by atoms with Crippen LogP contribution in [0.2, 0.25) is 0 Å². The molecule has 2 aromatic heterocycles. The number of thiophene rings is 1. The topological polar surface area (TPSA) is 73.1 Å². The number of rotatable bonds is 10. The van der Waals surface area contributed by atoms with E-state index in [1.807, 2.05) is 37.3 Å². The lowest BCUT2D eigenvalue weighted by atomic mass is 9.72. The monoisotopic (exact) mass is 588 g/mol. The predicted octanol–water partition coefficient (Wildman–Crippen LogP) is 8.29. The van der Waals surface area contributed by atoms with Gasteiger partial charge in [0.1, 0.15) is 23.2 Å². The van der Waals surface area contributed by atoms with Gasteiger partial charge in [-0.15, -0.1) is 11.3 Å². The summed E-state index contributed by atoms with van der Waals surface area (Å²) in [5, 5.41) is 3.73. The molecule has 0 saturated heterocycles. The van der Waals surface area contributed by atoms with Crippen molar-refractivity contribution >= 4 is 28.5 Å². The Hall–Kier alpha value is -3.91. The fraction of sp³-hybridized carbons (Fsp3) is 0.353. The van der Waals surface area contributed by atoms with E-state index in [-0.39, 0.29) is 17.1 Å². The standard InChI is InChI=1S/C34H37FN2O4S/c1-5-39-29-17-23(10-15-28(29)41-21-22-8-12-25(35)13-9-22)19-37-33-31(32(38)36-20-26-7-6-16-40-26)27-14-11-24(34(2,3)4)18-30(27)42-33/h6-10,12-13,15-17,19,24H,5,11,14,18,20-21H2,1-4H3,(H,36,38)/t24-/m1/s1. The van der Waals surface area contributed by atoms with E-state index in [4.69, 9.17) is 18.9 Å². The lowest BCUT2D eigenvalue weighted by molar-refractivity contribution is 0.0947. The molecule has 0 bridgehead atoms. The predicted molar refractivity (Wildman–Crippen MR) is 165 cm³/mol. The van der Waals surface area contributed by atoms with Crippen molar-refractivity contribution in [2.75, 3.05) is 6.61 Å². The van der Waals surface area contributed by atoms with Crippen LogP contribution >= 0.6 is 11.3 Å². The molecule has 1 aliphatic carbocycles. The van der Waals surface area contributed by atoms with Crippen LogP contribution in [-0.2, 0) is 26.0 Å². The summed E-state index contributed by atoms with van der Waals surface area (Å²) in [6.07, 6.45) is 6.24. The Morgan fingerprint density at radius 3 is 2.67 bits per heavy atom. The number of nitrogens with zero attached hydrogens (tertiary/aromatic N) is 1. The van der Waals surface area contributed by atoms with Crippen LogP contribution in [0.3, 0.4) is 0 Å². The smallest absolute Gasteiger partial charge is 0.255 e. The van der Waals surface area contributed by atoms with Crippen LogP contribution in [0.1, 0.15) is 71.8 Å². The van der Waals surface area contributed by atoms with Gasteiger partial charge in [-0.1, -0.05) is 32.9 Å². The average Bonchev–Trinajstić information content (AvgIpc) is 3.62. The van der Waals surface area contributed by atoms with Gasteiger partial charge in [0, 0.05) is 11.1 Å². The molecule has 0 radical (unpaired) electrons. The molecule has 220 valence electrons. The highest BCUT2D eigenvalue weighted by Crippen LogP contribution is 2.45. The molecular weight excluding hydrogens is 551 g/mol. The van der Waals surface area contributed by atoms with Gasteiger partial charge in [-0.25, -0.2) is 9.38 Å². The summed E-state index contributed by atoms with van der Waals surface area (Å²) in [7, 11) is 0. The van der Waals surface area contributed by atoms with E-state index in [0.29, 0.717) is 53.5 Å². The van der Waals surface area contributed by atoms with Crippen molar-refractivity contribution in [2.45, 2.75) is 60.1 Å². The molecule has 0 unspecified atom stereocenters. The Morgan fingerprint density at radius 2 is 1.95 bits per heavy atom. The van der Waals surface area contributed by atoms with Gasteiger partial charge < -0.3 is 19.2 Å². The van der Waals surface area contributed by atoms with Crippen LogP contribution in [0, 0.1) is 17.2 Å². The van der Waals surface area contributed by atoms with Crippen molar-refractivity contribution < 1.29 is 23.1 Å². The fourth-order valence-corrected chi connectivity index (χ4v) is 6.44. The first-order chi connectivity index (χ1) is 20.2. The maximum Gasteiger partial charge on any atom is 0.255 e. The molecule has 4 aromatic rings. The highest BCUT2D eigenvalue weighted by Gasteiger charge is 2.33. The van der Waals surface area contributed by atoms with Crippen molar-refractivity contribution in [3.8, 4) is 11.5 Å². The minimum atomic E-state index is -0.281. The summed E-state index contributed by atoms with van der Waals surface area (Å²) in [5.41, 5.74) is 3.66. The van der Waals surface area contributed by atoms with Crippen LogP contribution in [0.25, 0.3) is 0 Å². The van der Waals surface area contributed by atoms with Crippen molar-refractivity contribution in [1.29, 1.82) is 0 Å². The zero-order chi connectivity index (χ0) is 29.7. The number of nitrogens with one attached hydrogen (secondary N) is 1. The molecule has 1 aliphatic rings. The first-order valence-electron chi connectivity index (χ1n) is 14.3. The second-order valence-electron chi connectivity index (χ2n) is 11.6. The highest BCUT2D eigenvalue weighted by atomic mass is 32.1. The SMILES string of the molecule is CCOc1cc(C=Nc2sc3c(c2C(=O)NCc2ccco2)CC[C@@H](C(C)(C)C)C3)ccc1OCc1ccc(F)cc1. The first-order valence-corrected chi connectivity index (χ1v) is 15.2. The normalized spacial score (nSPS) is 15.0. The molecule has 1 N–H and O–H groups in total. The number of carbonyl (C=O) groups excluding carboxylic acids is 1. The number of halogens is 1. The molecule has 8 heteroatoms. The summed E-state index contributed by atoms with van der Waals surface area (Å²) in [4.78, 5) is 19.6. The van der Waals surface area contributed by atoms with E-state index in [0.717, 1.165) is 36.0 Å². The Bertz CT molecular complexity index is 1530. The number of fused-ring (bicyclic) bond motifs is 1. The molecule has 1 atom stereocenters. The number of benzene rings is 2.